The molecule has 1 aromatic rings. The minimum atomic E-state index is -4.33. The number of hydrogen-bond acceptors (Lipinski definition) is 2. The zero-order valence-electron chi connectivity index (χ0n) is 9.37. The molecular weight excluding hydrogens is 229 g/mol. The van der Waals surface area contributed by atoms with E-state index in [9.17, 15) is 13.2 Å². The predicted molar refractivity (Wildman–Crippen MR) is 59.5 cm³/mol. The number of aromatic nitrogens is 1. The van der Waals surface area contributed by atoms with Crippen LogP contribution in [0, 0.1) is 12.8 Å². The second-order valence-electron chi connectivity index (χ2n) is 4.34. The van der Waals surface area contributed by atoms with E-state index in [0.29, 0.717) is 13.1 Å². The smallest absolute Gasteiger partial charge is 0.370 e. The lowest BCUT2D eigenvalue weighted by Gasteiger charge is -2.33. The molecule has 0 bridgehead atoms. The van der Waals surface area contributed by atoms with Crippen LogP contribution in [0.2, 0.25) is 0 Å². The molecule has 2 rings (SSSR count). The average Bonchev–Trinajstić information content (AvgIpc) is 2.28. The van der Waals surface area contributed by atoms with Crippen molar-refractivity contribution < 1.29 is 13.2 Å². The van der Waals surface area contributed by atoms with Crippen LogP contribution < -0.4 is 4.90 Å². The Balaban J connectivity index is 2.31. The monoisotopic (exact) mass is 243 g/mol. The number of piperidine rings is 1. The number of pyridine rings is 1. The Bertz CT molecular complexity index is 390. The Kier molecular flexibility index (Phi) is 3.26. The van der Waals surface area contributed by atoms with Crippen molar-refractivity contribution in [3.63, 3.8) is 0 Å². The number of hydrogen-bond donors (Lipinski definition) is 0. The van der Waals surface area contributed by atoms with E-state index in [4.69, 9.17) is 0 Å². The molecule has 17 heavy (non-hydrogen) atoms. The Morgan fingerprint density at radius 3 is 2.82 bits per heavy atom. The van der Waals surface area contributed by atoms with E-state index in [-0.39, 0.29) is 11.6 Å². The van der Waals surface area contributed by atoms with E-state index >= 15 is 0 Å². The molecule has 1 aliphatic rings. The van der Waals surface area contributed by atoms with E-state index < -0.39 is 11.7 Å². The van der Waals surface area contributed by atoms with Gasteiger partial charge in [-0.2, -0.15) is 13.2 Å². The molecule has 0 saturated carbocycles. The summed E-state index contributed by atoms with van der Waals surface area (Å²) in [6, 6.07) is 1.03. The third kappa shape index (κ3) is 2.70. The van der Waals surface area contributed by atoms with Crippen LogP contribution in [0.1, 0.15) is 18.4 Å². The van der Waals surface area contributed by atoms with Crippen LogP contribution in [0.5, 0.6) is 0 Å². The van der Waals surface area contributed by atoms with Crippen molar-refractivity contribution in [3.05, 3.63) is 30.9 Å². The second kappa shape index (κ2) is 4.55. The standard InChI is InChI=1S/C12H14F3N2/c1-9-3-2-6-17(8-9)11-7-16-5-4-10(11)12(13,14)15/h4-5,7,9H,1-3,6,8H2/t9-/m1/s1. The lowest BCUT2D eigenvalue weighted by Crippen LogP contribution is -2.35. The summed E-state index contributed by atoms with van der Waals surface area (Å²) < 4.78 is 38.5. The molecule has 5 heteroatoms. The normalized spacial score (nSPS) is 21.6. The van der Waals surface area contributed by atoms with E-state index in [1.165, 1.54) is 12.4 Å². The van der Waals surface area contributed by atoms with E-state index in [1.807, 2.05) is 0 Å². The zero-order valence-corrected chi connectivity index (χ0v) is 9.37. The molecule has 0 spiro atoms. The first-order chi connectivity index (χ1) is 7.98. The fourth-order valence-corrected chi connectivity index (χ4v) is 2.16. The van der Waals surface area contributed by atoms with Gasteiger partial charge in [-0.1, -0.05) is 0 Å². The highest BCUT2D eigenvalue weighted by molar-refractivity contribution is 5.53. The van der Waals surface area contributed by atoms with Gasteiger partial charge in [0.1, 0.15) is 0 Å². The van der Waals surface area contributed by atoms with Gasteiger partial charge in [-0.15, -0.1) is 0 Å². The molecule has 0 N–H and O–H groups in total. The number of anilines is 1. The van der Waals surface area contributed by atoms with Crippen molar-refractivity contribution in [2.75, 3.05) is 18.0 Å². The first kappa shape index (κ1) is 12.2. The minimum absolute atomic E-state index is 0.174. The molecule has 1 aliphatic heterocycles. The summed E-state index contributed by atoms with van der Waals surface area (Å²) in [6.45, 7) is 5.13. The second-order valence-corrected chi connectivity index (χ2v) is 4.34. The maximum absolute atomic E-state index is 12.8. The number of alkyl halides is 3. The Morgan fingerprint density at radius 1 is 1.41 bits per heavy atom. The molecule has 1 aromatic heterocycles. The number of halogens is 3. The fraction of sp³-hybridized carbons (Fsp3) is 0.500. The molecule has 0 aliphatic carbocycles. The van der Waals surface area contributed by atoms with Gasteiger partial charge in [-0.05, 0) is 31.7 Å². The van der Waals surface area contributed by atoms with Crippen LogP contribution >= 0.6 is 0 Å². The molecular formula is C12H14F3N2. The Hall–Kier alpha value is -1.26. The van der Waals surface area contributed by atoms with Crippen molar-refractivity contribution in [1.29, 1.82) is 0 Å². The summed E-state index contributed by atoms with van der Waals surface area (Å²) >= 11 is 0. The quantitative estimate of drug-likeness (QED) is 0.753. The van der Waals surface area contributed by atoms with Crippen molar-refractivity contribution in [2.24, 2.45) is 5.92 Å². The van der Waals surface area contributed by atoms with Crippen molar-refractivity contribution in [3.8, 4) is 0 Å². The highest BCUT2D eigenvalue weighted by Gasteiger charge is 2.35. The summed E-state index contributed by atoms with van der Waals surface area (Å²) in [5.41, 5.74) is -0.435. The highest BCUT2D eigenvalue weighted by atomic mass is 19.4. The van der Waals surface area contributed by atoms with Crippen molar-refractivity contribution in [1.82, 2.24) is 4.98 Å². The zero-order chi connectivity index (χ0) is 12.5. The highest BCUT2D eigenvalue weighted by Crippen LogP contribution is 2.37. The van der Waals surface area contributed by atoms with Gasteiger partial charge in [0.15, 0.2) is 0 Å². The molecule has 0 aromatic carbocycles. The van der Waals surface area contributed by atoms with Gasteiger partial charge in [-0.3, -0.25) is 4.98 Å². The lowest BCUT2D eigenvalue weighted by atomic mass is 9.99. The molecule has 1 radical (unpaired) electrons. The topological polar surface area (TPSA) is 16.1 Å². The summed E-state index contributed by atoms with van der Waals surface area (Å²) in [4.78, 5) is 5.53. The van der Waals surface area contributed by atoms with E-state index in [0.717, 1.165) is 18.9 Å². The van der Waals surface area contributed by atoms with Crippen molar-refractivity contribution >= 4 is 5.69 Å². The first-order valence-corrected chi connectivity index (χ1v) is 5.57. The summed E-state index contributed by atoms with van der Waals surface area (Å²) in [5, 5.41) is 0. The van der Waals surface area contributed by atoms with Crippen LogP contribution in [0.25, 0.3) is 0 Å². The third-order valence-electron chi connectivity index (χ3n) is 2.97. The number of rotatable bonds is 1. The van der Waals surface area contributed by atoms with Crippen LogP contribution in [0.15, 0.2) is 18.5 Å². The molecule has 2 nitrogen and oxygen atoms in total. The van der Waals surface area contributed by atoms with Crippen LogP contribution in [0.3, 0.4) is 0 Å². The van der Waals surface area contributed by atoms with Crippen LogP contribution in [-0.4, -0.2) is 18.1 Å². The maximum atomic E-state index is 12.8. The first-order valence-electron chi connectivity index (χ1n) is 5.57. The molecule has 1 atom stereocenters. The average molecular weight is 243 g/mol. The van der Waals surface area contributed by atoms with Crippen LogP contribution in [0.4, 0.5) is 18.9 Å². The van der Waals surface area contributed by atoms with Crippen molar-refractivity contribution in [2.45, 2.75) is 19.0 Å². The largest absolute Gasteiger partial charge is 0.418 e. The summed E-state index contributed by atoms with van der Waals surface area (Å²) in [6.07, 6.45) is -0.0102. The molecule has 2 heterocycles. The third-order valence-corrected chi connectivity index (χ3v) is 2.97. The van der Waals surface area contributed by atoms with E-state index in [2.05, 4.69) is 11.9 Å². The summed E-state index contributed by atoms with van der Waals surface area (Å²) in [5.74, 6) is 0.185. The minimum Gasteiger partial charge on any atom is -0.370 e. The summed E-state index contributed by atoms with van der Waals surface area (Å²) in [7, 11) is 0. The SMILES string of the molecule is [CH2][C@@H]1CCCN(c2cnccc2C(F)(F)F)C1. The lowest BCUT2D eigenvalue weighted by molar-refractivity contribution is -0.137. The maximum Gasteiger partial charge on any atom is 0.418 e. The molecule has 1 fully saturated rings. The van der Waals surface area contributed by atoms with Crippen LogP contribution in [-0.2, 0) is 6.18 Å². The molecule has 93 valence electrons. The van der Waals surface area contributed by atoms with E-state index in [1.54, 1.807) is 4.90 Å². The fourth-order valence-electron chi connectivity index (χ4n) is 2.16. The molecule has 0 unspecified atom stereocenters. The van der Waals surface area contributed by atoms with Gasteiger partial charge in [0.25, 0.3) is 0 Å². The Morgan fingerprint density at radius 2 is 2.18 bits per heavy atom. The van der Waals surface area contributed by atoms with Gasteiger partial charge in [-0.25, -0.2) is 0 Å². The Labute approximate surface area is 98.5 Å². The van der Waals surface area contributed by atoms with Gasteiger partial charge < -0.3 is 4.90 Å². The predicted octanol–water partition coefficient (Wildman–Crippen LogP) is 3.15. The van der Waals surface area contributed by atoms with Gasteiger partial charge in [0.2, 0.25) is 0 Å². The van der Waals surface area contributed by atoms with Gasteiger partial charge in [0, 0.05) is 19.3 Å². The molecule has 0 amide bonds. The molecule has 1 saturated heterocycles. The van der Waals surface area contributed by atoms with Gasteiger partial charge in [0.05, 0.1) is 17.4 Å². The van der Waals surface area contributed by atoms with Gasteiger partial charge >= 0.3 is 6.18 Å². The number of nitrogens with zero attached hydrogens (tertiary/aromatic N) is 2.